The van der Waals surface area contributed by atoms with Crippen LogP contribution in [0.3, 0.4) is 0 Å². The second-order valence-electron chi connectivity index (χ2n) is 4.83. The number of hydrogen-bond acceptors (Lipinski definition) is 2. The summed E-state index contributed by atoms with van der Waals surface area (Å²) in [6.07, 6.45) is 0.998. The van der Waals surface area contributed by atoms with Crippen LogP contribution in [0, 0.1) is 9.39 Å². The Balaban J connectivity index is 2.40. The molecule has 21 heavy (non-hydrogen) atoms. The lowest BCUT2D eigenvalue weighted by molar-refractivity contribution is 0.410. The van der Waals surface area contributed by atoms with Crippen molar-refractivity contribution < 1.29 is 9.13 Å². The standard InChI is InChI=1S/C17H19FINO/c1-3-9-20-17(12-5-4-6-13(19)10-12)15-8-7-14(21-2)11-16(15)18/h4-8,10-11,17,20H,3,9H2,1-2H3. The number of ether oxygens (including phenoxy) is 1. The molecule has 0 aliphatic carbocycles. The molecule has 0 saturated carbocycles. The van der Waals surface area contributed by atoms with Crippen LogP contribution in [0.1, 0.15) is 30.5 Å². The Kier molecular flexibility index (Phi) is 5.99. The molecule has 2 nitrogen and oxygen atoms in total. The topological polar surface area (TPSA) is 21.3 Å². The minimum atomic E-state index is -0.248. The number of benzene rings is 2. The van der Waals surface area contributed by atoms with Gasteiger partial charge in [0.15, 0.2) is 0 Å². The molecule has 1 atom stereocenters. The third-order valence-electron chi connectivity index (χ3n) is 3.30. The molecule has 2 aromatic carbocycles. The fourth-order valence-electron chi connectivity index (χ4n) is 2.25. The number of halogens is 2. The summed E-state index contributed by atoms with van der Waals surface area (Å²) in [7, 11) is 1.54. The Morgan fingerprint density at radius 2 is 2.05 bits per heavy atom. The molecule has 1 N–H and O–H groups in total. The second-order valence-corrected chi connectivity index (χ2v) is 6.08. The van der Waals surface area contributed by atoms with Gasteiger partial charge in [-0.2, -0.15) is 0 Å². The van der Waals surface area contributed by atoms with Crippen LogP contribution in [0.25, 0.3) is 0 Å². The van der Waals surface area contributed by atoms with E-state index in [2.05, 4.69) is 40.9 Å². The molecular weight excluding hydrogens is 380 g/mol. The molecule has 0 aliphatic rings. The minimum absolute atomic E-state index is 0.148. The van der Waals surface area contributed by atoms with Gasteiger partial charge in [0, 0.05) is 15.2 Å². The third kappa shape index (κ3) is 4.17. The summed E-state index contributed by atoms with van der Waals surface area (Å²) in [6.45, 7) is 2.94. The minimum Gasteiger partial charge on any atom is -0.497 e. The average Bonchev–Trinajstić information content (AvgIpc) is 2.49. The highest BCUT2D eigenvalue weighted by molar-refractivity contribution is 14.1. The first-order valence-electron chi connectivity index (χ1n) is 6.98. The fraction of sp³-hybridized carbons (Fsp3) is 0.294. The van der Waals surface area contributed by atoms with Crippen LogP contribution in [0.2, 0.25) is 0 Å². The van der Waals surface area contributed by atoms with Crippen molar-refractivity contribution in [1.29, 1.82) is 0 Å². The van der Waals surface area contributed by atoms with Crippen LogP contribution in [0.15, 0.2) is 42.5 Å². The molecule has 0 fully saturated rings. The molecular formula is C17H19FINO. The van der Waals surface area contributed by atoms with E-state index in [-0.39, 0.29) is 11.9 Å². The smallest absolute Gasteiger partial charge is 0.132 e. The average molecular weight is 399 g/mol. The van der Waals surface area contributed by atoms with Gasteiger partial charge >= 0.3 is 0 Å². The van der Waals surface area contributed by atoms with Gasteiger partial charge in [-0.25, -0.2) is 4.39 Å². The Morgan fingerprint density at radius 3 is 2.67 bits per heavy atom. The highest BCUT2D eigenvalue weighted by Crippen LogP contribution is 2.28. The summed E-state index contributed by atoms with van der Waals surface area (Å²) >= 11 is 2.27. The molecule has 112 valence electrons. The predicted molar refractivity (Wildman–Crippen MR) is 92.2 cm³/mol. The molecule has 0 spiro atoms. The normalized spacial score (nSPS) is 12.2. The van der Waals surface area contributed by atoms with Gasteiger partial charge in [-0.15, -0.1) is 0 Å². The molecule has 4 heteroatoms. The van der Waals surface area contributed by atoms with Gasteiger partial charge in [-0.1, -0.05) is 25.1 Å². The van der Waals surface area contributed by atoms with Crippen LogP contribution in [0.5, 0.6) is 5.75 Å². The predicted octanol–water partition coefficient (Wildman–Crippen LogP) is 4.53. The van der Waals surface area contributed by atoms with Gasteiger partial charge in [0.25, 0.3) is 0 Å². The molecule has 0 amide bonds. The monoisotopic (exact) mass is 399 g/mol. The van der Waals surface area contributed by atoms with Gasteiger partial charge in [0.05, 0.1) is 13.2 Å². The lowest BCUT2D eigenvalue weighted by Crippen LogP contribution is -2.24. The van der Waals surface area contributed by atoms with Crippen molar-refractivity contribution in [3.8, 4) is 5.75 Å². The van der Waals surface area contributed by atoms with Crippen molar-refractivity contribution in [3.63, 3.8) is 0 Å². The van der Waals surface area contributed by atoms with E-state index in [0.717, 1.165) is 22.1 Å². The first-order valence-corrected chi connectivity index (χ1v) is 8.06. The number of hydrogen-bond donors (Lipinski definition) is 1. The van der Waals surface area contributed by atoms with Gasteiger partial charge in [-0.05, 0) is 59.3 Å². The molecule has 0 heterocycles. The van der Waals surface area contributed by atoms with E-state index < -0.39 is 0 Å². The van der Waals surface area contributed by atoms with E-state index in [1.807, 2.05) is 18.2 Å². The maximum absolute atomic E-state index is 14.4. The molecule has 0 aromatic heterocycles. The lowest BCUT2D eigenvalue weighted by atomic mass is 9.98. The molecule has 0 saturated heterocycles. The van der Waals surface area contributed by atoms with Crippen LogP contribution in [0.4, 0.5) is 4.39 Å². The van der Waals surface area contributed by atoms with Gasteiger partial charge in [-0.3, -0.25) is 0 Å². The molecule has 0 aliphatic heterocycles. The van der Waals surface area contributed by atoms with Crippen molar-refractivity contribution in [3.05, 3.63) is 63.0 Å². The SMILES string of the molecule is CCCNC(c1cccc(I)c1)c1ccc(OC)cc1F. The second kappa shape index (κ2) is 7.75. The van der Waals surface area contributed by atoms with Crippen LogP contribution < -0.4 is 10.1 Å². The van der Waals surface area contributed by atoms with Crippen molar-refractivity contribution in [2.75, 3.05) is 13.7 Å². The third-order valence-corrected chi connectivity index (χ3v) is 3.97. The Bertz CT molecular complexity index is 603. The number of methoxy groups -OCH3 is 1. The van der Waals surface area contributed by atoms with Crippen molar-refractivity contribution in [2.45, 2.75) is 19.4 Å². The molecule has 0 bridgehead atoms. The van der Waals surface area contributed by atoms with E-state index in [1.54, 1.807) is 19.2 Å². The quantitative estimate of drug-likeness (QED) is 0.721. The molecule has 2 aromatic rings. The summed E-state index contributed by atoms with van der Waals surface area (Å²) in [4.78, 5) is 0. The maximum Gasteiger partial charge on any atom is 0.132 e. The van der Waals surface area contributed by atoms with Gasteiger partial charge in [0.2, 0.25) is 0 Å². The zero-order valence-corrected chi connectivity index (χ0v) is 14.4. The fourth-order valence-corrected chi connectivity index (χ4v) is 2.82. The van der Waals surface area contributed by atoms with E-state index in [0.29, 0.717) is 11.3 Å². The summed E-state index contributed by atoms with van der Waals surface area (Å²) in [6, 6.07) is 13.0. The Hall–Kier alpha value is -1.14. The number of rotatable bonds is 6. The molecule has 0 radical (unpaired) electrons. The van der Waals surface area contributed by atoms with E-state index >= 15 is 0 Å². The van der Waals surface area contributed by atoms with Crippen molar-refractivity contribution in [2.24, 2.45) is 0 Å². The summed E-state index contributed by atoms with van der Waals surface area (Å²) in [5.41, 5.74) is 1.71. The molecule has 1 unspecified atom stereocenters. The van der Waals surface area contributed by atoms with Crippen LogP contribution in [-0.2, 0) is 0 Å². The number of nitrogens with one attached hydrogen (secondary N) is 1. The van der Waals surface area contributed by atoms with E-state index in [1.165, 1.54) is 6.07 Å². The highest BCUT2D eigenvalue weighted by Gasteiger charge is 2.18. The van der Waals surface area contributed by atoms with Crippen LogP contribution in [-0.4, -0.2) is 13.7 Å². The lowest BCUT2D eigenvalue weighted by Gasteiger charge is -2.21. The van der Waals surface area contributed by atoms with E-state index in [4.69, 9.17) is 4.74 Å². The largest absolute Gasteiger partial charge is 0.497 e. The summed E-state index contributed by atoms with van der Waals surface area (Å²) in [5, 5.41) is 3.42. The first-order chi connectivity index (χ1) is 10.2. The zero-order chi connectivity index (χ0) is 15.2. The Morgan fingerprint density at radius 1 is 1.24 bits per heavy atom. The summed E-state index contributed by atoms with van der Waals surface area (Å²) < 4.78 is 20.6. The summed E-state index contributed by atoms with van der Waals surface area (Å²) in [5.74, 6) is 0.287. The first kappa shape index (κ1) is 16.2. The molecule has 2 rings (SSSR count). The highest BCUT2D eigenvalue weighted by atomic mass is 127. The van der Waals surface area contributed by atoms with Gasteiger partial charge in [0.1, 0.15) is 11.6 Å². The maximum atomic E-state index is 14.4. The van der Waals surface area contributed by atoms with Crippen molar-refractivity contribution >= 4 is 22.6 Å². The van der Waals surface area contributed by atoms with Crippen molar-refractivity contribution in [1.82, 2.24) is 5.32 Å². The van der Waals surface area contributed by atoms with Gasteiger partial charge < -0.3 is 10.1 Å². The van der Waals surface area contributed by atoms with Crippen LogP contribution >= 0.6 is 22.6 Å². The van der Waals surface area contributed by atoms with E-state index in [9.17, 15) is 4.39 Å². The zero-order valence-electron chi connectivity index (χ0n) is 12.2. The Labute approximate surface area is 138 Å².